The van der Waals surface area contributed by atoms with Gasteiger partial charge in [0.25, 0.3) is 0 Å². The van der Waals surface area contributed by atoms with E-state index in [0.29, 0.717) is 5.03 Å². The van der Waals surface area contributed by atoms with E-state index in [-0.39, 0.29) is 0 Å². The summed E-state index contributed by atoms with van der Waals surface area (Å²) in [5, 5.41) is 8.38. The smallest absolute Gasteiger partial charge is 0.371 e. The largest absolute Gasteiger partial charge is 0.473 e. The Hall–Kier alpha value is -0.796. The minimum Gasteiger partial charge on any atom is -0.473 e. The molecule has 1 aromatic heterocycles. The summed E-state index contributed by atoms with van der Waals surface area (Å²) in [5.74, 6) is 0. The molecule has 4 nitrogen and oxygen atoms in total. The lowest BCUT2D eigenvalue weighted by Gasteiger charge is -2.41. The Morgan fingerprint density at radius 3 is 2.26 bits per heavy atom. The van der Waals surface area contributed by atoms with Gasteiger partial charge in [0, 0.05) is 23.6 Å². The molecular weight excluding hydrogens is 292 g/mol. The second-order valence-corrected chi connectivity index (χ2v) is 16.7. The lowest BCUT2D eigenvalue weighted by molar-refractivity contribution is 0.222. The molecule has 2 heterocycles. The molecule has 1 fully saturated rings. The molecule has 1 saturated heterocycles. The number of carbonyl (C=O) groups is 1. The zero-order valence-electron chi connectivity index (χ0n) is 11.8. The standard InChI is InChI=1S/C12H20N2O2SSi2/c1-18(2)7-8-19(3,4)14(18)10-5-6-11(13-9-10)17-12(15)16/h5-6,9H,7-8H2,1-4H3,(H,15,16). The highest BCUT2D eigenvalue weighted by molar-refractivity contribution is 8.13. The maximum Gasteiger partial charge on any atom is 0.371 e. The first-order valence-corrected chi connectivity index (χ1v) is 13.5. The second-order valence-electron chi connectivity index (χ2n) is 6.18. The second kappa shape index (κ2) is 4.95. The summed E-state index contributed by atoms with van der Waals surface area (Å²) in [5.41, 5.74) is 1.18. The fourth-order valence-electron chi connectivity index (χ4n) is 3.01. The van der Waals surface area contributed by atoms with Crippen molar-refractivity contribution in [2.24, 2.45) is 0 Å². The van der Waals surface area contributed by atoms with E-state index in [0.717, 1.165) is 11.8 Å². The minimum absolute atomic E-state index is 0.550. The van der Waals surface area contributed by atoms with Crippen LogP contribution in [0.3, 0.4) is 0 Å². The molecule has 2 rings (SSSR count). The van der Waals surface area contributed by atoms with Crippen molar-refractivity contribution in [1.29, 1.82) is 0 Å². The molecule has 0 spiro atoms. The maximum absolute atomic E-state index is 10.6. The molecule has 0 radical (unpaired) electrons. The fraction of sp³-hybridized carbons (Fsp3) is 0.500. The first kappa shape index (κ1) is 14.6. The van der Waals surface area contributed by atoms with Crippen LogP contribution in [0.2, 0.25) is 38.3 Å². The zero-order chi connectivity index (χ0) is 14.3. The summed E-state index contributed by atoms with van der Waals surface area (Å²) < 4.78 is 2.67. The molecule has 7 heteroatoms. The summed E-state index contributed by atoms with van der Waals surface area (Å²) >= 11 is 0.759. The minimum atomic E-state index is -1.36. The van der Waals surface area contributed by atoms with E-state index in [9.17, 15) is 4.79 Å². The van der Waals surface area contributed by atoms with Gasteiger partial charge in [-0.25, -0.2) is 9.78 Å². The van der Waals surface area contributed by atoms with Crippen molar-refractivity contribution < 1.29 is 9.90 Å². The number of pyridine rings is 1. The highest BCUT2D eigenvalue weighted by Crippen LogP contribution is 2.40. The molecular formula is C12H20N2O2SSi2. The van der Waals surface area contributed by atoms with Crippen LogP contribution >= 0.6 is 11.8 Å². The molecule has 0 bridgehead atoms. The number of nitrogens with zero attached hydrogens (tertiary/aromatic N) is 2. The van der Waals surface area contributed by atoms with Gasteiger partial charge in [0.1, 0.15) is 21.5 Å². The average Bonchev–Trinajstić information content (AvgIpc) is 2.49. The summed E-state index contributed by atoms with van der Waals surface area (Å²) in [6.45, 7) is 9.65. The van der Waals surface area contributed by atoms with Crippen LogP contribution in [0.25, 0.3) is 0 Å². The van der Waals surface area contributed by atoms with Gasteiger partial charge in [-0.2, -0.15) is 0 Å². The fourth-order valence-corrected chi connectivity index (χ4v) is 17.7. The van der Waals surface area contributed by atoms with Crippen LogP contribution in [0.5, 0.6) is 0 Å². The van der Waals surface area contributed by atoms with Gasteiger partial charge in [0.2, 0.25) is 0 Å². The van der Waals surface area contributed by atoms with E-state index in [2.05, 4.69) is 35.4 Å². The van der Waals surface area contributed by atoms with Gasteiger partial charge in [-0.15, -0.1) is 0 Å². The van der Waals surface area contributed by atoms with E-state index in [1.807, 2.05) is 18.3 Å². The predicted octanol–water partition coefficient (Wildman–Crippen LogP) is 4.08. The van der Waals surface area contributed by atoms with Crippen LogP contribution < -0.4 is 4.23 Å². The highest BCUT2D eigenvalue weighted by Gasteiger charge is 2.47. The predicted molar refractivity (Wildman–Crippen MR) is 85.2 cm³/mol. The van der Waals surface area contributed by atoms with Crippen molar-refractivity contribution in [2.75, 3.05) is 4.23 Å². The molecule has 1 N–H and O–H groups in total. The number of aromatic nitrogens is 1. The number of rotatable bonds is 2. The van der Waals surface area contributed by atoms with Crippen molar-refractivity contribution in [3.05, 3.63) is 18.3 Å². The van der Waals surface area contributed by atoms with Crippen LogP contribution in [0.1, 0.15) is 0 Å². The van der Waals surface area contributed by atoms with Crippen LogP contribution in [0.15, 0.2) is 23.4 Å². The van der Waals surface area contributed by atoms with Gasteiger partial charge in [-0.3, -0.25) is 0 Å². The van der Waals surface area contributed by atoms with Crippen molar-refractivity contribution >= 4 is 39.2 Å². The molecule has 1 aliphatic rings. The SMILES string of the molecule is C[Si]1(C)CC[Si](C)(C)N1c1ccc(SC(=O)O)nc1. The lowest BCUT2D eigenvalue weighted by atomic mass is 10.4. The molecule has 1 aromatic rings. The molecule has 104 valence electrons. The summed E-state index contributed by atoms with van der Waals surface area (Å²) in [7, 11) is -2.73. The molecule has 0 amide bonds. The third kappa shape index (κ3) is 3.03. The highest BCUT2D eigenvalue weighted by atomic mass is 32.2. The van der Waals surface area contributed by atoms with E-state index >= 15 is 0 Å². The summed E-state index contributed by atoms with van der Waals surface area (Å²) in [6, 6.07) is 6.55. The lowest BCUT2D eigenvalue weighted by Crippen LogP contribution is -2.55. The quantitative estimate of drug-likeness (QED) is 0.658. The molecule has 0 saturated carbocycles. The Balaban J connectivity index is 2.28. The first-order chi connectivity index (χ1) is 8.72. The van der Waals surface area contributed by atoms with Gasteiger partial charge in [-0.05, 0) is 24.2 Å². The van der Waals surface area contributed by atoms with Gasteiger partial charge < -0.3 is 9.34 Å². The van der Waals surface area contributed by atoms with Crippen molar-refractivity contribution in [3.8, 4) is 0 Å². The van der Waals surface area contributed by atoms with Crippen molar-refractivity contribution in [2.45, 2.75) is 43.3 Å². The molecule has 19 heavy (non-hydrogen) atoms. The topological polar surface area (TPSA) is 53.4 Å². The average molecular weight is 313 g/mol. The summed E-state index contributed by atoms with van der Waals surface area (Å²) in [4.78, 5) is 14.9. The van der Waals surface area contributed by atoms with Crippen LogP contribution in [0, 0.1) is 0 Å². The molecule has 0 aliphatic carbocycles. The first-order valence-electron chi connectivity index (χ1n) is 6.40. The van der Waals surface area contributed by atoms with E-state index in [1.54, 1.807) is 0 Å². The number of hydrogen-bond acceptors (Lipinski definition) is 4. The maximum atomic E-state index is 10.6. The number of anilines is 1. The normalized spacial score (nSPS) is 20.5. The van der Waals surface area contributed by atoms with Crippen molar-refractivity contribution in [3.63, 3.8) is 0 Å². The van der Waals surface area contributed by atoms with Crippen LogP contribution in [-0.4, -0.2) is 31.9 Å². The summed E-state index contributed by atoms with van der Waals surface area (Å²) in [6.07, 6.45) is 1.85. The van der Waals surface area contributed by atoms with Crippen LogP contribution in [-0.2, 0) is 0 Å². The van der Waals surface area contributed by atoms with E-state index in [1.165, 1.54) is 17.8 Å². The number of hydrogen-bond donors (Lipinski definition) is 1. The van der Waals surface area contributed by atoms with E-state index < -0.39 is 21.8 Å². The third-order valence-corrected chi connectivity index (χ3v) is 14.4. The third-order valence-electron chi connectivity index (χ3n) is 3.73. The van der Waals surface area contributed by atoms with Gasteiger partial charge >= 0.3 is 5.30 Å². The Morgan fingerprint density at radius 1 is 1.26 bits per heavy atom. The zero-order valence-corrected chi connectivity index (χ0v) is 14.6. The number of carboxylic acid groups (broad SMARTS) is 1. The number of thioether (sulfide) groups is 1. The Bertz CT molecular complexity index is 475. The molecule has 0 unspecified atom stereocenters. The molecule has 1 aliphatic heterocycles. The Morgan fingerprint density at radius 2 is 1.84 bits per heavy atom. The van der Waals surface area contributed by atoms with Gasteiger partial charge in [0.15, 0.2) is 0 Å². The Labute approximate surface area is 120 Å². The van der Waals surface area contributed by atoms with Crippen LogP contribution in [0.4, 0.5) is 10.5 Å². The molecule has 0 aromatic carbocycles. The monoisotopic (exact) mass is 312 g/mol. The van der Waals surface area contributed by atoms with E-state index in [4.69, 9.17) is 5.11 Å². The molecule has 0 atom stereocenters. The Kier molecular flexibility index (Phi) is 3.81. The van der Waals surface area contributed by atoms with Crippen molar-refractivity contribution in [1.82, 2.24) is 4.98 Å². The van der Waals surface area contributed by atoms with Gasteiger partial charge in [0.05, 0.1) is 0 Å². The van der Waals surface area contributed by atoms with Gasteiger partial charge in [-0.1, -0.05) is 26.2 Å².